The smallest absolute Gasteiger partial charge is 0.193 e. The number of hydrogen-bond acceptors (Lipinski definition) is 16. The molecular formula is C84H96O16. The highest BCUT2D eigenvalue weighted by Crippen LogP contribution is 2.25. The number of Topliss-reactive ketones (excluding diaryl/α,β-unsaturated/α-hetero) is 8. The van der Waals surface area contributed by atoms with Crippen LogP contribution in [0.2, 0.25) is 0 Å². The summed E-state index contributed by atoms with van der Waals surface area (Å²) in [6, 6.07) is 57.0. The van der Waals surface area contributed by atoms with Crippen LogP contribution in [-0.4, -0.2) is 132 Å². The van der Waals surface area contributed by atoms with Crippen LogP contribution in [0.3, 0.4) is 0 Å². The fraction of sp³-hybridized carbons (Fsp3) is 0.333. The van der Waals surface area contributed by atoms with Crippen LogP contribution in [0.1, 0.15) is 238 Å². The number of carbonyl (C=O) groups is 8. The molecule has 0 aliphatic rings. The topological polar surface area (TPSA) is 298 Å². The van der Waals surface area contributed by atoms with Gasteiger partial charge in [-0.05, 0) is 193 Å². The molecule has 0 saturated carbocycles. The van der Waals surface area contributed by atoms with Gasteiger partial charge in [-0.25, -0.2) is 0 Å². The quantitative estimate of drug-likeness (QED) is 0.0261. The molecule has 8 rings (SSSR count). The van der Waals surface area contributed by atoms with E-state index in [0.29, 0.717) is 70.2 Å². The summed E-state index contributed by atoms with van der Waals surface area (Å²) in [5.74, 6) is -2.53. The minimum atomic E-state index is -1.41. The monoisotopic (exact) mass is 1360 g/mol. The number of rotatable bonds is 24. The maximum absolute atomic E-state index is 12.2. The lowest BCUT2D eigenvalue weighted by Crippen LogP contribution is -2.31. The van der Waals surface area contributed by atoms with E-state index in [1.165, 1.54) is 111 Å². The Morgan fingerprint density at radius 2 is 0.320 bits per heavy atom. The minimum Gasteiger partial charge on any atom is -0.382 e. The zero-order valence-electron chi connectivity index (χ0n) is 60.1. The molecule has 8 aromatic carbocycles. The van der Waals surface area contributed by atoms with Crippen LogP contribution in [0.5, 0.6) is 0 Å². The molecule has 0 saturated heterocycles. The average Bonchev–Trinajstić information content (AvgIpc) is 0.840. The van der Waals surface area contributed by atoms with Gasteiger partial charge in [0.2, 0.25) is 0 Å². The van der Waals surface area contributed by atoms with Crippen molar-refractivity contribution < 1.29 is 79.2 Å². The Balaban J connectivity index is 0.000000240. The first-order valence-corrected chi connectivity index (χ1v) is 32.8. The van der Waals surface area contributed by atoms with Crippen molar-refractivity contribution in [3.05, 3.63) is 283 Å². The van der Waals surface area contributed by atoms with Crippen molar-refractivity contribution in [3.63, 3.8) is 0 Å². The molecule has 0 aliphatic carbocycles. The van der Waals surface area contributed by atoms with Gasteiger partial charge in [-0.3, -0.25) is 38.4 Å². The van der Waals surface area contributed by atoms with Crippen LogP contribution >= 0.6 is 0 Å². The van der Waals surface area contributed by atoms with Crippen molar-refractivity contribution in [1.29, 1.82) is 0 Å². The van der Waals surface area contributed by atoms with Gasteiger partial charge in [0.05, 0.1) is 0 Å². The molecule has 8 N–H and O–H groups in total. The van der Waals surface area contributed by atoms with Crippen LogP contribution in [0.4, 0.5) is 0 Å². The van der Waals surface area contributed by atoms with Gasteiger partial charge in [0, 0.05) is 44.5 Å². The summed E-state index contributed by atoms with van der Waals surface area (Å²) in [4.78, 5) is 96.5. The average molecular weight is 1360 g/mol. The first-order valence-electron chi connectivity index (χ1n) is 32.8. The van der Waals surface area contributed by atoms with Crippen LogP contribution < -0.4 is 0 Å². The number of hydrogen-bond donors (Lipinski definition) is 8. The molecule has 0 atom stereocenters. The normalized spacial score (nSPS) is 12.1. The molecule has 16 heteroatoms. The Bertz CT molecular complexity index is 3750. The van der Waals surface area contributed by atoms with Crippen LogP contribution in [0, 0.1) is 0 Å². The lowest BCUT2D eigenvalue weighted by atomic mass is 9.93. The molecule has 0 aromatic heterocycles. The molecule has 0 aliphatic heterocycles. The second kappa shape index (κ2) is 32.9. The molecule has 0 fully saturated rings. The summed E-state index contributed by atoms with van der Waals surface area (Å²) in [5.41, 5.74) is 0.565. The Morgan fingerprint density at radius 1 is 0.190 bits per heavy atom. The molecule has 16 nitrogen and oxygen atoms in total. The minimum absolute atomic E-state index is 0.312. The van der Waals surface area contributed by atoms with Gasteiger partial charge >= 0.3 is 0 Å². The lowest BCUT2D eigenvalue weighted by molar-refractivity contribution is 0.0487. The second-order valence-corrected chi connectivity index (χ2v) is 29.4. The van der Waals surface area contributed by atoms with E-state index in [1.807, 2.05) is 84.9 Å². The van der Waals surface area contributed by atoms with Crippen molar-refractivity contribution in [2.45, 2.75) is 181 Å². The Hall–Kier alpha value is -9.20. The molecule has 8 aromatic rings. The maximum atomic E-state index is 12.2. The molecule has 100 heavy (non-hydrogen) atoms. The van der Waals surface area contributed by atoms with Crippen molar-refractivity contribution >= 4 is 46.3 Å². The fourth-order valence-electron chi connectivity index (χ4n) is 10.1. The largest absolute Gasteiger partial charge is 0.382 e. The standard InChI is InChI=1S/4C21H24O4/c2*1-20(2,24)18(22)16-9-5-14(6-10-16)13-15-7-11-17(12-8-15)19(23)21(3,4)25;2*1-20(2,24)18(22)16-10-8-14(9-11-16)12-15-6-5-7-17(13-15)19(23)21(3,4)25/h2*5-12,24-25H,13H2,1-4H3;2*5-11,13,24-25H,12H2,1-4H3. The fourth-order valence-corrected chi connectivity index (χ4v) is 10.1. The highest BCUT2D eigenvalue weighted by molar-refractivity contribution is 6.05. The maximum Gasteiger partial charge on any atom is 0.193 e. The third kappa shape index (κ3) is 24.6. The van der Waals surface area contributed by atoms with E-state index in [4.69, 9.17) is 0 Å². The van der Waals surface area contributed by atoms with Gasteiger partial charge in [-0.2, -0.15) is 0 Å². The molecule has 0 heterocycles. The van der Waals surface area contributed by atoms with E-state index in [-0.39, 0.29) is 46.3 Å². The lowest BCUT2D eigenvalue weighted by Gasteiger charge is -2.16. The van der Waals surface area contributed by atoms with E-state index in [2.05, 4.69) is 0 Å². The summed E-state index contributed by atoms with van der Waals surface area (Å²) < 4.78 is 0. The predicted octanol–water partition coefficient (Wildman–Crippen LogP) is 12.7. The molecule has 0 unspecified atom stereocenters. The van der Waals surface area contributed by atoms with Gasteiger partial charge in [0.1, 0.15) is 44.8 Å². The van der Waals surface area contributed by atoms with Crippen molar-refractivity contribution in [3.8, 4) is 0 Å². The van der Waals surface area contributed by atoms with Gasteiger partial charge < -0.3 is 40.9 Å². The molecular weight excluding hydrogens is 1260 g/mol. The summed E-state index contributed by atoms with van der Waals surface area (Å²) >= 11 is 0. The predicted molar refractivity (Wildman–Crippen MR) is 388 cm³/mol. The zero-order chi connectivity index (χ0) is 75.3. The van der Waals surface area contributed by atoms with E-state index >= 15 is 0 Å². The summed E-state index contributed by atoms with van der Waals surface area (Å²) in [5, 5.41) is 78.4. The molecule has 528 valence electrons. The molecule has 0 amide bonds. The molecule has 0 spiro atoms. The third-order valence-corrected chi connectivity index (χ3v) is 15.8. The number of aliphatic hydroxyl groups is 8. The SMILES string of the molecule is CC(C)(O)C(=O)c1ccc(Cc2ccc(C(=O)C(C)(C)O)cc2)cc1.CC(C)(O)C(=O)c1ccc(Cc2ccc(C(=O)C(C)(C)O)cc2)cc1.CC(C)(O)C(=O)c1ccc(Cc2cccc(C(=O)C(C)(C)O)c2)cc1.CC(C)(O)C(=O)c1ccc(Cc2cccc(C(=O)C(C)(C)O)c2)cc1. The van der Waals surface area contributed by atoms with Crippen molar-refractivity contribution in [2.75, 3.05) is 0 Å². The van der Waals surface area contributed by atoms with Gasteiger partial charge in [0.25, 0.3) is 0 Å². The summed E-state index contributed by atoms with van der Waals surface area (Å²) in [6.45, 7) is 23.5. The van der Waals surface area contributed by atoms with Gasteiger partial charge in [-0.1, -0.05) is 182 Å². The van der Waals surface area contributed by atoms with E-state index in [1.54, 1.807) is 109 Å². The summed E-state index contributed by atoms with van der Waals surface area (Å²) in [6.07, 6.45) is 2.52. The first kappa shape index (κ1) is 81.5. The first-order chi connectivity index (χ1) is 45.9. The third-order valence-electron chi connectivity index (χ3n) is 15.8. The highest BCUT2D eigenvalue weighted by atomic mass is 16.3. The van der Waals surface area contributed by atoms with E-state index in [0.717, 1.165) is 44.5 Å². The van der Waals surface area contributed by atoms with E-state index < -0.39 is 44.8 Å². The molecule has 0 bridgehead atoms. The Morgan fingerprint density at radius 3 is 0.460 bits per heavy atom. The van der Waals surface area contributed by atoms with Crippen molar-refractivity contribution in [1.82, 2.24) is 0 Å². The molecule has 0 radical (unpaired) electrons. The Kier molecular flexibility index (Phi) is 26.8. The van der Waals surface area contributed by atoms with Crippen molar-refractivity contribution in [2.24, 2.45) is 0 Å². The van der Waals surface area contributed by atoms with Gasteiger partial charge in [-0.15, -0.1) is 0 Å². The number of benzene rings is 8. The number of ketones is 8. The van der Waals surface area contributed by atoms with Crippen LogP contribution in [0.25, 0.3) is 0 Å². The Labute approximate surface area is 587 Å². The summed E-state index contributed by atoms with van der Waals surface area (Å²) in [7, 11) is 0. The zero-order valence-corrected chi connectivity index (χ0v) is 60.1. The van der Waals surface area contributed by atoms with Crippen LogP contribution in [-0.2, 0) is 25.7 Å². The highest BCUT2D eigenvalue weighted by Gasteiger charge is 2.31. The van der Waals surface area contributed by atoms with Gasteiger partial charge in [0.15, 0.2) is 46.3 Å². The van der Waals surface area contributed by atoms with E-state index in [9.17, 15) is 79.2 Å². The number of carbonyl (C=O) groups excluding carboxylic acids is 8. The second-order valence-electron chi connectivity index (χ2n) is 29.4. The van der Waals surface area contributed by atoms with Crippen LogP contribution in [0.15, 0.2) is 194 Å².